The Morgan fingerprint density at radius 1 is 1.05 bits per heavy atom. The Morgan fingerprint density at radius 2 is 1.67 bits per heavy atom. The van der Waals surface area contributed by atoms with Crippen molar-refractivity contribution in [1.29, 1.82) is 0 Å². The number of hydrogen-bond donors (Lipinski definition) is 0. The topological polar surface area (TPSA) is 9.23 Å². The molecule has 0 spiro atoms. The number of benzene rings is 1. The number of rotatable bonds is 10. The van der Waals surface area contributed by atoms with E-state index in [1.54, 1.807) is 0 Å². The molecule has 0 radical (unpaired) electrons. The van der Waals surface area contributed by atoms with Crippen LogP contribution in [0.2, 0.25) is 21.0 Å². The molecule has 0 aliphatic heterocycles. The van der Waals surface area contributed by atoms with Crippen molar-refractivity contribution in [3.63, 3.8) is 0 Å². The Kier molecular flexibility index (Phi) is 9.02. The molecule has 1 atom stereocenters. The van der Waals surface area contributed by atoms with E-state index in [2.05, 4.69) is 64.1 Å². The molecule has 21 heavy (non-hydrogen) atoms. The van der Waals surface area contributed by atoms with Crippen LogP contribution in [0.1, 0.15) is 33.3 Å². The summed E-state index contributed by atoms with van der Waals surface area (Å²) in [6.07, 6.45) is 4.82. The van der Waals surface area contributed by atoms with Gasteiger partial charge < -0.3 is 0 Å². The van der Waals surface area contributed by atoms with E-state index in [4.69, 9.17) is 4.74 Å². The monoisotopic (exact) mass is 350 g/mol. The Labute approximate surface area is 134 Å². The van der Waals surface area contributed by atoms with Gasteiger partial charge in [-0.15, -0.1) is 0 Å². The van der Waals surface area contributed by atoms with Crippen LogP contribution < -0.4 is 0 Å². The fourth-order valence-electron chi connectivity index (χ4n) is 2.73. The third kappa shape index (κ3) is 6.84. The van der Waals surface area contributed by atoms with E-state index in [-0.39, 0.29) is 0 Å². The standard InChI is InChI=1S/C19H32GeO/c1-5-20(6-2,7-3)15-11-12-18(4)16-21-17-19-13-9-8-10-14-19/h8-14,18H,5-7,15-17H2,1-4H3/b12-11-/t18-/m1/s1. The van der Waals surface area contributed by atoms with Crippen molar-refractivity contribution in [2.45, 2.75) is 55.3 Å². The predicted octanol–water partition coefficient (Wildman–Crippen LogP) is 5.90. The average Bonchev–Trinajstić information content (AvgIpc) is 2.53. The molecule has 0 aliphatic carbocycles. The number of ether oxygens (including phenoxy) is 1. The summed E-state index contributed by atoms with van der Waals surface area (Å²) in [5.74, 6) is 0.513. The molecular formula is C19H32GeO. The summed E-state index contributed by atoms with van der Waals surface area (Å²) >= 11 is -1.52. The first-order valence-electron chi connectivity index (χ1n) is 8.44. The zero-order valence-electron chi connectivity index (χ0n) is 14.3. The second kappa shape index (κ2) is 10.2. The molecule has 0 unspecified atom stereocenters. The van der Waals surface area contributed by atoms with Gasteiger partial charge in [0.15, 0.2) is 0 Å². The van der Waals surface area contributed by atoms with E-state index >= 15 is 0 Å². The fraction of sp³-hybridized carbons (Fsp3) is 0.579. The molecule has 1 aromatic carbocycles. The SMILES string of the molecule is C[CH2][Ge]([CH2]C)([CH2]C)[CH2]/C=C\[C@@H](C)COCc1ccccc1. The Hall–Kier alpha value is -0.537. The van der Waals surface area contributed by atoms with Crippen LogP contribution in [0.5, 0.6) is 0 Å². The Morgan fingerprint density at radius 3 is 2.24 bits per heavy atom. The van der Waals surface area contributed by atoms with Crippen molar-refractivity contribution < 1.29 is 4.74 Å². The number of hydrogen-bond acceptors (Lipinski definition) is 1. The molecule has 0 saturated heterocycles. The normalized spacial score (nSPS) is 13.7. The molecule has 0 aromatic heterocycles. The van der Waals surface area contributed by atoms with Gasteiger partial charge >= 0.3 is 134 Å². The van der Waals surface area contributed by atoms with Crippen molar-refractivity contribution in [2.75, 3.05) is 6.61 Å². The van der Waals surface area contributed by atoms with E-state index in [9.17, 15) is 0 Å². The van der Waals surface area contributed by atoms with Gasteiger partial charge in [-0.2, -0.15) is 0 Å². The molecule has 1 nitrogen and oxygen atoms in total. The molecule has 0 amide bonds. The summed E-state index contributed by atoms with van der Waals surface area (Å²) < 4.78 is 5.81. The Balaban J connectivity index is 2.29. The Bertz CT molecular complexity index is 387. The second-order valence-corrected chi connectivity index (χ2v) is 17.8. The summed E-state index contributed by atoms with van der Waals surface area (Å²) in [4.78, 5) is 0. The third-order valence-corrected chi connectivity index (χ3v) is 16.5. The molecular weight excluding hydrogens is 317 g/mol. The zero-order valence-corrected chi connectivity index (χ0v) is 16.4. The molecule has 2 heteroatoms. The van der Waals surface area contributed by atoms with Gasteiger partial charge in [-0.25, -0.2) is 0 Å². The van der Waals surface area contributed by atoms with E-state index in [0.29, 0.717) is 5.92 Å². The third-order valence-electron chi connectivity index (χ3n) is 4.76. The maximum absolute atomic E-state index is 5.81. The minimum atomic E-state index is -1.52. The molecule has 0 fully saturated rings. The van der Waals surface area contributed by atoms with Crippen molar-refractivity contribution in [2.24, 2.45) is 5.92 Å². The van der Waals surface area contributed by atoms with Gasteiger partial charge in [-0.3, -0.25) is 0 Å². The summed E-state index contributed by atoms with van der Waals surface area (Å²) in [6, 6.07) is 10.4. The maximum atomic E-state index is 5.81. The van der Waals surface area contributed by atoms with Gasteiger partial charge in [0.2, 0.25) is 0 Å². The van der Waals surface area contributed by atoms with Gasteiger partial charge in [0.25, 0.3) is 0 Å². The molecule has 118 valence electrons. The van der Waals surface area contributed by atoms with Gasteiger partial charge in [0, 0.05) is 0 Å². The first kappa shape index (κ1) is 18.5. The van der Waals surface area contributed by atoms with Crippen LogP contribution in [-0.2, 0) is 11.3 Å². The number of allylic oxidation sites excluding steroid dienone is 1. The first-order valence-corrected chi connectivity index (χ1v) is 14.4. The molecule has 1 rings (SSSR count). The van der Waals surface area contributed by atoms with Crippen LogP contribution in [0.15, 0.2) is 42.5 Å². The van der Waals surface area contributed by atoms with Crippen molar-refractivity contribution in [1.82, 2.24) is 0 Å². The van der Waals surface area contributed by atoms with Gasteiger partial charge in [0.1, 0.15) is 0 Å². The van der Waals surface area contributed by atoms with Gasteiger partial charge in [0.05, 0.1) is 0 Å². The average molecular weight is 349 g/mol. The van der Waals surface area contributed by atoms with Crippen LogP contribution in [-0.4, -0.2) is 19.9 Å². The molecule has 0 N–H and O–H groups in total. The zero-order chi connectivity index (χ0) is 15.6. The van der Waals surface area contributed by atoms with Crippen LogP contribution >= 0.6 is 0 Å². The van der Waals surface area contributed by atoms with Gasteiger partial charge in [-0.1, -0.05) is 0 Å². The van der Waals surface area contributed by atoms with Crippen molar-refractivity contribution in [3.8, 4) is 0 Å². The summed E-state index contributed by atoms with van der Waals surface area (Å²) in [5.41, 5.74) is 1.26. The molecule has 0 saturated carbocycles. The predicted molar refractivity (Wildman–Crippen MR) is 96.4 cm³/mol. The molecule has 0 aliphatic rings. The first-order chi connectivity index (χ1) is 10.2. The summed E-state index contributed by atoms with van der Waals surface area (Å²) in [7, 11) is 0. The molecule has 0 heterocycles. The molecule has 0 bridgehead atoms. The van der Waals surface area contributed by atoms with Crippen LogP contribution in [0.4, 0.5) is 0 Å². The van der Waals surface area contributed by atoms with Crippen molar-refractivity contribution in [3.05, 3.63) is 48.0 Å². The summed E-state index contributed by atoms with van der Waals surface area (Å²) in [5, 5.41) is 5.75. The summed E-state index contributed by atoms with van der Waals surface area (Å²) in [6.45, 7) is 11.0. The van der Waals surface area contributed by atoms with Crippen molar-refractivity contribution >= 4 is 13.3 Å². The van der Waals surface area contributed by atoms with Crippen LogP contribution in [0.3, 0.4) is 0 Å². The van der Waals surface area contributed by atoms with E-state index in [1.165, 1.54) is 26.6 Å². The van der Waals surface area contributed by atoms with E-state index < -0.39 is 13.3 Å². The minimum absolute atomic E-state index is 0.513. The quantitative estimate of drug-likeness (QED) is 0.377. The van der Waals surface area contributed by atoms with E-state index in [1.807, 2.05) is 6.07 Å². The van der Waals surface area contributed by atoms with Gasteiger partial charge in [-0.05, 0) is 0 Å². The fourth-order valence-corrected chi connectivity index (χ4v) is 9.02. The van der Waals surface area contributed by atoms with Crippen LogP contribution in [0.25, 0.3) is 0 Å². The van der Waals surface area contributed by atoms with E-state index in [0.717, 1.165) is 13.2 Å². The second-order valence-electron chi connectivity index (χ2n) is 6.17. The van der Waals surface area contributed by atoms with Crippen LogP contribution in [0, 0.1) is 5.92 Å². The molecule has 1 aromatic rings.